The Kier molecular flexibility index (Phi) is 5.24. The van der Waals surface area contributed by atoms with Crippen LogP contribution < -0.4 is 0 Å². The summed E-state index contributed by atoms with van der Waals surface area (Å²) >= 11 is 5.79. The highest BCUT2D eigenvalue weighted by Crippen LogP contribution is 2.15. The summed E-state index contributed by atoms with van der Waals surface area (Å²) in [6, 6.07) is 7.60. The third kappa shape index (κ3) is 4.24. The van der Waals surface area contributed by atoms with Crippen molar-refractivity contribution in [3.63, 3.8) is 0 Å². The Morgan fingerprint density at radius 1 is 1.50 bits per heavy atom. The van der Waals surface area contributed by atoms with Gasteiger partial charge in [-0.2, -0.15) is 0 Å². The fourth-order valence-electron chi connectivity index (χ4n) is 1.18. The van der Waals surface area contributed by atoms with Gasteiger partial charge in [0.2, 0.25) is 0 Å². The first-order valence-corrected chi connectivity index (χ1v) is 5.30. The maximum atomic E-state index is 8.09. The second kappa shape index (κ2) is 6.76. The summed E-state index contributed by atoms with van der Waals surface area (Å²) in [5.41, 5.74) is 13.4. The zero-order valence-corrected chi connectivity index (χ0v) is 9.78. The number of nitrogens with zero attached hydrogens (tertiary/aromatic N) is 3. The smallest absolute Gasteiger partial charge is 0.0406 e. The van der Waals surface area contributed by atoms with E-state index in [-0.39, 0.29) is 0 Å². The molecule has 0 N–H and O–H groups in total. The fourth-order valence-corrected chi connectivity index (χ4v) is 1.30. The third-order valence-corrected chi connectivity index (χ3v) is 2.28. The molecule has 0 aromatic heterocycles. The van der Waals surface area contributed by atoms with E-state index in [1.165, 1.54) is 0 Å². The first kappa shape index (κ1) is 12.4. The van der Waals surface area contributed by atoms with Crippen molar-refractivity contribution >= 4 is 17.2 Å². The van der Waals surface area contributed by atoms with Crippen LogP contribution in [0.3, 0.4) is 0 Å². The van der Waals surface area contributed by atoms with E-state index in [0.29, 0.717) is 13.0 Å². The average molecular weight is 234 g/mol. The second-order valence-corrected chi connectivity index (χ2v) is 3.66. The van der Waals surface area contributed by atoms with Crippen molar-refractivity contribution in [3.8, 4) is 0 Å². The standard InChI is InChI=1S/C12H12ClN3/c1-10(4-2-3-9-15-16-14)11-5-7-12(13)8-6-11/h2,5-8H,3,9H2,1H3. The summed E-state index contributed by atoms with van der Waals surface area (Å²) in [6.45, 7) is 2.45. The SMILES string of the molecule is CC(=C=CCCN=[N+]=[N-])c1ccc(Cl)cc1. The Bertz CT molecular complexity index is 450. The molecule has 82 valence electrons. The molecule has 0 aliphatic heterocycles. The van der Waals surface area contributed by atoms with Crippen LogP contribution in [-0.2, 0) is 0 Å². The molecule has 0 spiro atoms. The van der Waals surface area contributed by atoms with Crippen molar-refractivity contribution in [1.82, 2.24) is 0 Å². The summed E-state index contributed by atoms with van der Waals surface area (Å²) in [7, 11) is 0. The van der Waals surface area contributed by atoms with Gasteiger partial charge in [-0.3, -0.25) is 0 Å². The molecule has 1 aromatic carbocycles. The van der Waals surface area contributed by atoms with Gasteiger partial charge in [0.25, 0.3) is 0 Å². The van der Waals surface area contributed by atoms with E-state index < -0.39 is 0 Å². The molecular formula is C12H12ClN3. The fraction of sp³-hybridized carbons (Fsp3) is 0.250. The van der Waals surface area contributed by atoms with Gasteiger partial charge in [0.1, 0.15) is 0 Å². The lowest BCUT2D eigenvalue weighted by molar-refractivity contribution is 0.993. The number of rotatable bonds is 4. The predicted molar refractivity (Wildman–Crippen MR) is 67.2 cm³/mol. The quantitative estimate of drug-likeness (QED) is 0.240. The first-order valence-electron chi connectivity index (χ1n) is 4.92. The zero-order valence-electron chi connectivity index (χ0n) is 9.02. The molecule has 16 heavy (non-hydrogen) atoms. The minimum absolute atomic E-state index is 0.470. The molecule has 0 saturated heterocycles. The molecule has 0 unspecified atom stereocenters. The van der Waals surface area contributed by atoms with Crippen LogP contribution in [0.2, 0.25) is 5.02 Å². The Balaban J connectivity index is 2.69. The van der Waals surface area contributed by atoms with Crippen LogP contribution in [0.4, 0.5) is 0 Å². The molecule has 1 rings (SSSR count). The summed E-state index contributed by atoms with van der Waals surface area (Å²) in [5.74, 6) is 0. The number of hydrogen-bond acceptors (Lipinski definition) is 1. The normalized spacial score (nSPS) is 8.88. The molecule has 0 saturated carbocycles. The van der Waals surface area contributed by atoms with Crippen LogP contribution in [0.1, 0.15) is 18.9 Å². The van der Waals surface area contributed by atoms with Crippen LogP contribution in [0.5, 0.6) is 0 Å². The van der Waals surface area contributed by atoms with Crippen LogP contribution in [0.25, 0.3) is 16.0 Å². The molecule has 0 amide bonds. The van der Waals surface area contributed by atoms with Crippen LogP contribution in [0.15, 0.2) is 41.2 Å². The van der Waals surface area contributed by atoms with Crippen LogP contribution in [0, 0.1) is 0 Å². The zero-order chi connectivity index (χ0) is 11.8. The number of hydrogen-bond donors (Lipinski definition) is 0. The Hall–Kier alpha value is -1.66. The van der Waals surface area contributed by atoms with Crippen molar-refractivity contribution in [2.75, 3.05) is 6.54 Å². The third-order valence-electron chi connectivity index (χ3n) is 2.03. The molecule has 0 aliphatic carbocycles. The van der Waals surface area contributed by atoms with Gasteiger partial charge in [0.05, 0.1) is 0 Å². The van der Waals surface area contributed by atoms with Gasteiger partial charge in [-0.05, 0) is 48.2 Å². The van der Waals surface area contributed by atoms with Gasteiger partial charge in [-0.1, -0.05) is 28.8 Å². The van der Waals surface area contributed by atoms with Crippen molar-refractivity contribution in [2.45, 2.75) is 13.3 Å². The topological polar surface area (TPSA) is 48.8 Å². The van der Waals surface area contributed by atoms with E-state index in [1.807, 2.05) is 37.3 Å². The van der Waals surface area contributed by atoms with Crippen molar-refractivity contribution in [2.24, 2.45) is 5.11 Å². The molecule has 0 radical (unpaired) electrons. The minimum atomic E-state index is 0.470. The summed E-state index contributed by atoms with van der Waals surface area (Å²) in [4.78, 5) is 2.68. The Morgan fingerprint density at radius 3 is 2.81 bits per heavy atom. The van der Waals surface area contributed by atoms with Crippen LogP contribution in [-0.4, -0.2) is 6.54 Å². The summed E-state index contributed by atoms with van der Waals surface area (Å²) in [6.07, 6.45) is 2.58. The monoisotopic (exact) mass is 233 g/mol. The lowest BCUT2D eigenvalue weighted by Crippen LogP contribution is -1.77. The Labute approximate surface area is 99.7 Å². The molecule has 0 aliphatic rings. The second-order valence-electron chi connectivity index (χ2n) is 3.22. The highest BCUT2D eigenvalue weighted by atomic mass is 35.5. The van der Waals surface area contributed by atoms with Gasteiger partial charge in [0, 0.05) is 16.5 Å². The first-order chi connectivity index (χ1) is 7.74. The lowest BCUT2D eigenvalue weighted by atomic mass is 10.1. The van der Waals surface area contributed by atoms with E-state index in [1.54, 1.807) is 0 Å². The minimum Gasteiger partial charge on any atom is -0.121 e. The van der Waals surface area contributed by atoms with E-state index in [9.17, 15) is 0 Å². The van der Waals surface area contributed by atoms with Crippen molar-refractivity contribution < 1.29 is 0 Å². The van der Waals surface area contributed by atoms with Gasteiger partial charge < -0.3 is 0 Å². The molecule has 0 fully saturated rings. The van der Waals surface area contributed by atoms with Crippen LogP contribution >= 0.6 is 11.6 Å². The highest BCUT2D eigenvalue weighted by molar-refractivity contribution is 6.30. The van der Waals surface area contributed by atoms with E-state index in [2.05, 4.69) is 15.8 Å². The van der Waals surface area contributed by atoms with E-state index >= 15 is 0 Å². The van der Waals surface area contributed by atoms with Gasteiger partial charge in [-0.25, -0.2) is 0 Å². The molecule has 3 nitrogen and oxygen atoms in total. The summed E-state index contributed by atoms with van der Waals surface area (Å²) < 4.78 is 0. The molecule has 0 bridgehead atoms. The molecule has 0 heterocycles. The maximum absolute atomic E-state index is 8.09. The van der Waals surface area contributed by atoms with E-state index in [4.69, 9.17) is 17.1 Å². The van der Waals surface area contributed by atoms with Gasteiger partial charge in [0.15, 0.2) is 0 Å². The molecule has 0 atom stereocenters. The predicted octanol–water partition coefficient (Wildman–Crippen LogP) is 4.60. The average Bonchev–Trinajstić information content (AvgIpc) is 2.29. The Morgan fingerprint density at radius 2 is 2.19 bits per heavy atom. The number of benzene rings is 1. The van der Waals surface area contributed by atoms with Crippen molar-refractivity contribution in [1.29, 1.82) is 0 Å². The summed E-state index contributed by atoms with van der Waals surface area (Å²) in [5, 5.41) is 4.16. The molecule has 1 aromatic rings. The lowest BCUT2D eigenvalue weighted by Gasteiger charge is -1.97. The largest absolute Gasteiger partial charge is 0.121 e. The van der Waals surface area contributed by atoms with Gasteiger partial charge in [-0.15, -0.1) is 5.73 Å². The van der Waals surface area contributed by atoms with E-state index in [0.717, 1.165) is 16.2 Å². The maximum Gasteiger partial charge on any atom is 0.0406 e. The number of halogens is 1. The number of azide groups is 1. The molecule has 4 heteroatoms. The van der Waals surface area contributed by atoms with Gasteiger partial charge >= 0.3 is 0 Å². The van der Waals surface area contributed by atoms with Crippen molar-refractivity contribution in [3.05, 3.63) is 57.1 Å². The highest BCUT2D eigenvalue weighted by Gasteiger charge is 1.93. The molecular weight excluding hydrogens is 222 g/mol.